The molecule has 24 heavy (non-hydrogen) atoms. The molecule has 4 rings (SSSR count). The van der Waals surface area contributed by atoms with Crippen molar-refractivity contribution in [3.63, 3.8) is 0 Å². The third kappa shape index (κ3) is 2.46. The quantitative estimate of drug-likeness (QED) is 0.784. The molecule has 126 valence electrons. The highest BCUT2D eigenvalue weighted by molar-refractivity contribution is 7.89. The average molecular weight is 345 g/mol. The summed E-state index contributed by atoms with van der Waals surface area (Å²) in [6, 6.07) is 1.94. The predicted octanol–water partition coefficient (Wildman–Crippen LogP) is 2.04. The smallest absolute Gasteiger partial charge is 0.213 e. The van der Waals surface area contributed by atoms with Gasteiger partial charge < -0.3 is 4.98 Å². The molecule has 1 N–H and O–H groups in total. The van der Waals surface area contributed by atoms with Gasteiger partial charge in [-0.3, -0.25) is 0 Å². The van der Waals surface area contributed by atoms with E-state index in [2.05, 4.69) is 19.9 Å². The number of aromatic nitrogens is 4. The summed E-state index contributed by atoms with van der Waals surface area (Å²) in [6.45, 7) is 2.80. The number of rotatable bonds is 3. The number of H-pyrrole nitrogens is 1. The molecular weight excluding hydrogens is 326 g/mol. The van der Waals surface area contributed by atoms with Crippen LogP contribution in [0.3, 0.4) is 0 Å². The maximum absolute atomic E-state index is 12.2. The Morgan fingerprint density at radius 3 is 3.04 bits per heavy atom. The van der Waals surface area contributed by atoms with Crippen molar-refractivity contribution >= 4 is 32.0 Å². The van der Waals surface area contributed by atoms with E-state index >= 15 is 0 Å². The fraction of sp³-hybridized carbons (Fsp3) is 0.438. The Hall–Kier alpha value is -2.06. The SMILES string of the molecule is CCS(=O)(=O)N1CCCC(c2[nH]cnc3cnc4nccc4c23)C1. The summed E-state index contributed by atoms with van der Waals surface area (Å²) in [4.78, 5) is 16.2. The molecule has 0 aliphatic carbocycles. The zero-order valence-electron chi connectivity index (χ0n) is 13.4. The van der Waals surface area contributed by atoms with Crippen LogP contribution in [0.25, 0.3) is 21.9 Å². The lowest BCUT2D eigenvalue weighted by atomic mass is 9.93. The van der Waals surface area contributed by atoms with E-state index in [4.69, 9.17) is 0 Å². The minimum absolute atomic E-state index is 0.117. The van der Waals surface area contributed by atoms with Crippen molar-refractivity contribution in [2.45, 2.75) is 25.7 Å². The number of pyridine rings is 1. The van der Waals surface area contributed by atoms with Crippen LogP contribution < -0.4 is 0 Å². The van der Waals surface area contributed by atoms with E-state index in [1.54, 1.807) is 29.9 Å². The van der Waals surface area contributed by atoms with Gasteiger partial charge in [0.05, 0.1) is 23.8 Å². The van der Waals surface area contributed by atoms with E-state index in [-0.39, 0.29) is 11.7 Å². The van der Waals surface area contributed by atoms with Crippen molar-refractivity contribution in [2.24, 2.45) is 0 Å². The molecule has 0 spiro atoms. The lowest BCUT2D eigenvalue weighted by Gasteiger charge is -2.32. The highest BCUT2D eigenvalue weighted by Gasteiger charge is 2.30. The highest BCUT2D eigenvalue weighted by Crippen LogP contribution is 2.33. The number of piperidine rings is 1. The lowest BCUT2D eigenvalue weighted by Crippen LogP contribution is -2.40. The largest absolute Gasteiger partial charge is 0.349 e. The van der Waals surface area contributed by atoms with Crippen LogP contribution in [-0.2, 0) is 10.0 Å². The summed E-state index contributed by atoms with van der Waals surface area (Å²) in [5.74, 6) is 0.257. The number of sulfonamides is 1. The Labute approximate surface area is 140 Å². The van der Waals surface area contributed by atoms with Crippen LogP contribution in [0.5, 0.6) is 0 Å². The van der Waals surface area contributed by atoms with Gasteiger partial charge in [-0.15, -0.1) is 0 Å². The third-order valence-corrected chi connectivity index (χ3v) is 6.61. The van der Waals surface area contributed by atoms with Gasteiger partial charge in [-0.25, -0.2) is 27.7 Å². The van der Waals surface area contributed by atoms with Gasteiger partial charge in [-0.2, -0.15) is 0 Å². The first kappa shape index (κ1) is 15.5. The van der Waals surface area contributed by atoms with Crippen molar-refractivity contribution < 1.29 is 8.42 Å². The number of nitrogens with zero attached hydrogens (tertiary/aromatic N) is 4. The van der Waals surface area contributed by atoms with E-state index < -0.39 is 10.0 Å². The molecule has 0 saturated carbocycles. The molecule has 4 heterocycles. The van der Waals surface area contributed by atoms with Crippen LogP contribution in [0.4, 0.5) is 0 Å². The molecule has 1 aliphatic rings. The van der Waals surface area contributed by atoms with Gasteiger partial charge in [-0.1, -0.05) is 0 Å². The first-order valence-corrected chi connectivity index (χ1v) is 9.75. The second-order valence-corrected chi connectivity index (χ2v) is 8.37. The average Bonchev–Trinajstić information content (AvgIpc) is 3.10. The first-order valence-electron chi connectivity index (χ1n) is 8.14. The third-order valence-electron chi connectivity index (χ3n) is 4.76. The molecule has 7 nitrogen and oxygen atoms in total. The Kier molecular flexibility index (Phi) is 3.73. The monoisotopic (exact) mass is 345 g/mol. The van der Waals surface area contributed by atoms with Gasteiger partial charge in [-0.05, 0) is 25.8 Å². The Bertz CT molecular complexity index is 998. The molecule has 0 aromatic carbocycles. The van der Waals surface area contributed by atoms with Crippen LogP contribution in [0.1, 0.15) is 31.4 Å². The first-order chi connectivity index (χ1) is 11.6. The van der Waals surface area contributed by atoms with Crippen molar-refractivity contribution in [1.29, 1.82) is 0 Å². The number of fused-ring (bicyclic) bond motifs is 3. The maximum Gasteiger partial charge on any atom is 0.213 e. The number of hydrogen-bond donors (Lipinski definition) is 1. The summed E-state index contributed by atoms with van der Waals surface area (Å²) >= 11 is 0. The van der Waals surface area contributed by atoms with Crippen molar-refractivity contribution in [2.75, 3.05) is 18.8 Å². The molecule has 0 bridgehead atoms. The summed E-state index contributed by atoms with van der Waals surface area (Å²) < 4.78 is 26.1. The summed E-state index contributed by atoms with van der Waals surface area (Å²) in [7, 11) is -3.17. The van der Waals surface area contributed by atoms with Gasteiger partial charge in [0.15, 0.2) is 5.65 Å². The molecule has 1 aliphatic heterocycles. The minimum Gasteiger partial charge on any atom is -0.349 e. The molecule has 1 fully saturated rings. The lowest BCUT2D eigenvalue weighted by molar-refractivity contribution is 0.314. The fourth-order valence-electron chi connectivity index (χ4n) is 3.51. The second-order valence-electron chi connectivity index (χ2n) is 6.11. The summed E-state index contributed by atoms with van der Waals surface area (Å²) in [5.41, 5.74) is 2.52. The molecule has 3 aromatic heterocycles. The molecule has 3 aromatic rings. The van der Waals surface area contributed by atoms with E-state index in [1.165, 1.54) is 0 Å². The van der Waals surface area contributed by atoms with Gasteiger partial charge >= 0.3 is 0 Å². The van der Waals surface area contributed by atoms with Gasteiger partial charge in [0.1, 0.15) is 0 Å². The highest BCUT2D eigenvalue weighted by atomic mass is 32.2. The van der Waals surface area contributed by atoms with Crippen LogP contribution in [-0.4, -0.2) is 51.5 Å². The normalized spacial score (nSPS) is 20.0. The zero-order valence-corrected chi connectivity index (χ0v) is 14.3. The minimum atomic E-state index is -3.17. The topological polar surface area (TPSA) is 91.8 Å². The van der Waals surface area contributed by atoms with Crippen molar-refractivity contribution in [3.8, 4) is 0 Å². The van der Waals surface area contributed by atoms with Crippen LogP contribution in [0.15, 0.2) is 24.8 Å². The van der Waals surface area contributed by atoms with Gasteiger partial charge in [0, 0.05) is 41.7 Å². The Morgan fingerprint density at radius 1 is 1.33 bits per heavy atom. The molecule has 8 heteroatoms. The van der Waals surface area contributed by atoms with E-state index in [1.807, 2.05) is 6.07 Å². The maximum atomic E-state index is 12.2. The zero-order chi connectivity index (χ0) is 16.7. The van der Waals surface area contributed by atoms with E-state index in [0.717, 1.165) is 34.8 Å². The number of aromatic amines is 1. The van der Waals surface area contributed by atoms with Crippen LogP contribution in [0, 0.1) is 0 Å². The van der Waals surface area contributed by atoms with Gasteiger partial charge in [0.25, 0.3) is 0 Å². The van der Waals surface area contributed by atoms with Crippen molar-refractivity contribution in [3.05, 3.63) is 30.5 Å². The van der Waals surface area contributed by atoms with Crippen LogP contribution in [0.2, 0.25) is 0 Å². The second kappa shape index (κ2) is 5.78. The molecule has 1 saturated heterocycles. The molecule has 0 radical (unpaired) electrons. The Balaban J connectivity index is 1.83. The summed E-state index contributed by atoms with van der Waals surface area (Å²) in [5, 5.41) is 1.96. The van der Waals surface area contributed by atoms with Gasteiger partial charge in [0.2, 0.25) is 10.0 Å². The van der Waals surface area contributed by atoms with Crippen molar-refractivity contribution in [1.82, 2.24) is 24.2 Å². The van der Waals surface area contributed by atoms with Crippen LogP contribution >= 0.6 is 0 Å². The standard InChI is InChI=1S/C16H19N5O2S/c1-2-24(22,23)21-7-3-4-11(9-21)15-14-12-5-6-17-16(12)18-8-13(14)19-10-20-15/h5-6,8,10-11H,2-4,7,9H2,1H3,(H,19,20). The predicted molar refractivity (Wildman–Crippen MR) is 92.2 cm³/mol. The fourth-order valence-corrected chi connectivity index (χ4v) is 4.69. The van der Waals surface area contributed by atoms with E-state index in [9.17, 15) is 8.42 Å². The number of nitrogens with one attached hydrogen (secondary N) is 1. The summed E-state index contributed by atoms with van der Waals surface area (Å²) in [6.07, 6.45) is 6.93. The van der Waals surface area contributed by atoms with E-state index in [0.29, 0.717) is 18.7 Å². The Morgan fingerprint density at radius 2 is 2.21 bits per heavy atom. The number of hydrogen-bond acceptors (Lipinski definition) is 5. The molecular formula is C16H19N5O2S. The molecule has 1 atom stereocenters. The molecule has 1 unspecified atom stereocenters. The molecule has 0 amide bonds.